The number of hydrogen-bond donors (Lipinski definition) is 1. The fourth-order valence-corrected chi connectivity index (χ4v) is 1.60. The van der Waals surface area contributed by atoms with Gasteiger partial charge >= 0.3 is 0 Å². The molecule has 0 aliphatic carbocycles. The van der Waals surface area contributed by atoms with Crippen molar-refractivity contribution in [3.8, 4) is 0 Å². The second-order valence-corrected chi connectivity index (χ2v) is 4.22. The van der Waals surface area contributed by atoms with Gasteiger partial charge in [0.1, 0.15) is 0 Å². The van der Waals surface area contributed by atoms with E-state index in [1.54, 1.807) is 0 Å². The Morgan fingerprint density at radius 2 is 2.13 bits per heavy atom. The Labute approximate surface area is 91.8 Å². The molecule has 0 aliphatic rings. The molecule has 0 saturated carbocycles. The van der Waals surface area contributed by atoms with Gasteiger partial charge in [-0.1, -0.05) is 31.2 Å². The van der Waals surface area contributed by atoms with Gasteiger partial charge in [0.25, 0.3) is 0 Å². The van der Waals surface area contributed by atoms with Crippen molar-refractivity contribution < 1.29 is 4.84 Å². The van der Waals surface area contributed by atoms with Crippen LogP contribution in [-0.4, -0.2) is 25.6 Å². The Morgan fingerprint density at radius 3 is 2.73 bits per heavy atom. The van der Waals surface area contributed by atoms with Crippen LogP contribution >= 0.6 is 0 Å². The standard InChI is InChI=1S/C12H20N2O/c1-10(9-15-13)12-6-4-5-11(7-12)8-14(2)3/h4-7,10H,8-9,13H2,1-3H3. The smallest absolute Gasteiger partial charge is 0.0745 e. The maximum absolute atomic E-state index is 5.08. The predicted octanol–water partition coefficient (Wildman–Crippen LogP) is 1.74. The van der Waals surface area contributed by atoms with Gasteiger partial charge in [0.2, 0.25) is 0 Å². The van der Waals surface area contributed by atoms with Gasteiger partial charge < -0.3 is 9.74 Å². The summed E-state index contributed by atoms with van der Waals surface area (Å²) in [6.07, 6.45) is 0. The minimum atomic E-state index is 0.345. The first kappa shape index (κ1) is 12.2. The highest BCUT2D eigenvalue weighted by molar-refractivity contribution is 5.26. The molecule has 0 amide bonds. The lowest BCUT2D eigenvalue weighted by Crippen LogP contribution is -2.12. The summed E-state index contributed by atoms with van der Waals surface area (Å²) in [4.78, 5) is 6.82. The van der Waals surface area contributed by atoms with Crippen LogP contribution in [0, 0.1) is 0 Å². The average Bonchev–Trinajstić information content (AvgIpc) is 2.17. The topological polar surface area (TPSA) is 38.5 Å². The van der Waals surface area contributed by atoms with E-state index in [1.165, 1.54) is 11.1 Å². The summed E-state index contributed by atoms with van der Waals surface area (Å²) < 4.78 is 0. The van der Waals surface area contributed by atoms with E-state index < -0.39 is 0 Å². The summed E-state index contributed by atoms with van der Waals surface area (Å²) in [5.41, 5.74) is 2.60. The molecule has 3 heteroatoms. The van der Waals surface area contributed by atoms with E-state index in [2.05, 4.69) is 55.0 Å². The van der Waals surface area contributed by atoms with Crippen LogP contribution in [0.25, 0.3) is 0 Å². The molecule has 0 fully saturated rings. The second-order valence-electron chi connectivity index (χ2n) is 4.22. The zero-order valence-electron chi connectivity index (χ0n) is 9.73. The fourth-order valence-electron chi connectivity index (χ4n) is 1.60. The van der Waals surface area contributed by atoms with Crippen LogP contribution in [0.5, 0.6) is 0 Å². The van der Waals surface area contributed by atoms with Crippen LogP contribution in [0.1, 0.15) is 24.0 Å². The van der Waals surface area contributed by atoms with E-state index in [9.17, 15) is 0 Å². The van der Waals surface area contributed by atoms with Gasteiger partial charge in [0, 0.05) is 12.5 Å². The zero-order valence-corrected chi connectivity index (χ0v) is 9.73. The SMILES string of the molecule is CC(CON)c1cccc(CN(C)C)c1. The maximum atomic E-state index is 5.08. The summed E-state index contributed by atoms with van der Waals surface area (Å²) in [5.74, 6) is 5.42. The summed E-state index contributed by atoms with van der Waals surface area (Å²) in [6, 6.07) is 8.55. The molecule has 0 radical (unpaired) electrons. The van der Waals surface area contributed by atoms with Gasteiger partial charge in [-0.3, -0.25) is 0 Å². The van der Waals surface area contributed by atoms with Crippen LogP contribution in [-0.2, 0) is 11.4 Å². The highest BCUT2D eigenvalue weighted by Gasteiger charge is 2.06. The highest BCUT2D eigenvalue weighted by atomic mass is 16.6. The lowest BCUT2D eigenvalue weighted by atomic mass is 10.00. The van der Waals surface area contributed by atoms with Crippen LogP contribution in [0.4, 0.5) is 0 Å². The van der Waals surface area contributed by atoms with Crippen molar-refractivity contribution in [2.75, 3.05) is 20.7 Å². The molecule has 0 aromatic heterocycles. The number of nitrogens with two attached hydrogens (primary N) is 1. The third kappa shape index (κ3) is 4.00. The lowest BCUT2D eigenvalue weighted by Gasteiger charge is -2.14. The number of nitrogens with zero attached hydrogens (tertiary/aromatic N) is 1. The molecule has 1 unspecified atom stereocenters. The van der Waals surface area contributed by atoms with E-state index >= 15 is 0 Å². The molecule has 0 bridgehead atoms. The molecule has 0 spiro atoms. The summed E-state index contributed by atoms with van der Waals surface area (Å²) >= 11 is 0. The minimum Gasteiger partial charge on any atom is -0.305 e. The Kier molecular flexibility index (Phi) is 4.75. The highest BCUT2D eigenvalue weighted by Crippen LogP contribution is 2.17. The first-order valence-corrected chi connectivity index (χ1v) is 5.18. The van der Waals surface area contributed by atoms with Crippen molar-refractivity contribution in [3.05, 3.63) is 35.4 Å². The van der Waals surface area contributed by atoms with Crippen LogP contribution in [0.3, 0.4) is 0 Å². The Bertz CT molecular complexity index is 299. The molecule has 84 valence electrons. The largest absolute Gasteiger partial charge is 0.305 e. The average molecular weight is 208 g/mol. The van der Waals surface area contributed by atoms with Gasteiger partial charge in [-0.15, -0.1) is 0 Å². The number of hydrogen-bond acceptors (Lipinski definition) is 3. The van der Waals surface area contributed by atoms with E-state index in [0.717, 1.165) is 6.54 Å². The molecule has 1 rings (SSSR count). The molecule has 0 saturated heterocycles. The predicted molar refractivity (Wildman–Crippen MR) is 62.4 cm³/mol. The molecule has 0 aliphatic heterocycles. The van der Waals surface area contributed by atoms with Crippen LogP contribution in [0.15, 0.2) is 24.3 Å². The number of benzene rings is 1. The van der Waals surface area contributed by atoms with Crippen molar-refractivity contribution in [1.82, 2.24) is 4.90 Å². The molecule has 15 heavy (non-hydrogen) atoms. The van der Waals surface area contributed by atoms with Crippen molar-refractivity contribution in [2.45, 2.75) is 19.4 Å². The van der Waals surface area contributed by atoms with E-state index in [0.29, 0.717) is 12.5 Å². The fraction of sp³-hybridized carbons (Fsp3) is 0.500. The summed E-state index contributed by atoms with van der Waals surface area (Å²) in [6.45, 7) is 3.64. The van der Waals surface area contributed by atoms with Crippen LogP contribution < -0.4 is 5.90 Å². The Morgan fingerprint density at radius 1 is 1.40 bits per heavy atom. The third-order valence-corrected chi connectivity index (χ3v) is 2.37. The van der Waals surface area contributed by atoms with Gasteiger partial charge in [0.05, 0.1) is 6.61 Å². The molecule has 1 aromatic carbocycles. The molecule has 2 N–H and O–H groups in total. The molecule has 3 nitrogen and oxygen atoms in total. The first-order valence-electron chi connectivity index (χ1n) is 5.18. The minimum absolute atomic E-state index is 0.345. The Hall–Kier alpha value is -0.900. The Balaban J connectivity index is 2.73. The van der Waals surface area contributed by atoms with Crippen molar-refractivity contribution in [3.63, 3.8) is 0 Å². The normalized spacial score (nSPS) is 13.1. The quantitative estimate of drug-likeness (QED) is 0.749. The third-order valence-electron chi connectivity index (χ3n) is 2.37. The first-order chi connectivity index (χ1) is 7.13. The van der Waals surface area contributed by atoms with Crippen molar-refractivity contribution in [1.29, 1.82) is 0 Å². The molecule has 1 atom stereocenters. The van der Waals surface area contributed by atoms with Crippen molar-refractivity contribution in [2.24, 2.45) is 5.90 Å². The molecular weight excluding hydrogens is 188 g/mol. The van der Waals surface area contributed by atoms with E-state index in [1.807, 2.05) is 0 Å². The molecule has 0 heterocycles. The second kappa shape index (κ2) is 5.85. The van der Waals surface area contributed by atoms with Gasteiger partial charge in [-0.05, 0) is 25.2 Å². The summed E-state index contributed by atoms with van der Waals surface area (Å²) in [5, 5.41) is 0. The van der Waals surface area contributed by atoms with E-state index in [-0.39, 0.29) is 0 Å². The van der Waals surface area contributed by atoms with Gasteiger partial charge in [0.15, 0.2) is 0 Å². The van der Waals surface area contributed by atoms with E-state index in [4.69, 9.17) is 5.90 Å². The maximum Gasteiger partial charge on any atom is 0.0745 e. The summed E-state index contributed by atoms with van der Waals surface area (Å²) in [7, 11) is 4.14. The molecule has 1 aromatic rings. The van der Waals surface area contributed by atoms with Crippen LogP contribution in [0.2, 0.25) is 0 Å². The molecular formula is C12H20N2O. The monoisotopic (exact) mass is 208 g/mol. The van der Waals surface area contributed by atoms with Gasteiger partial charge in [-0.2, -0.15) is 0 Å². The number of rotatable bonds is 5. The van der Waals surface area contributed by atoms with Crippen molar-refractivity contribution >= 4 is 0 Å². The zero-order chi connectivity index (χ0) is 11.3. The van der Waals surface area contributed by atoms with Gasteiger partial charge in [-0.25, -0.2) is 5.90 Å². The lowest BCUT2D eigenvalue weighted by molar-refractivity contribution is 0.126.